The summed E-state index contributed by atoms with van der Waals surface area (Å²) < 4.78 is 1.90. The Balaban J connectivity index is 2.49. The number of rotatable bonds is 4. The topological polar surface area (TPSA) is 56.7 Å². The van der Waals surface area contributed by atoms with Gasteiger partial charge in [-0.25, -0.2) is 4.68 Å². The molecule has 1 heterocycles. The molecule has 1 atom stereocenters. The summed E-state index contributed by atoms with van der Waals surface area (Å²) in [5.41, 5.74) is 10.4. The Morgan fingerprint density at radius 3 is 2.72 bits per heavy atom. The van der Waals surface area contributed by atoms with Crippen LogP contribution in [0.15, 0.2) is 24.3 Å². The maximum Gasteiger partial charge on any atom is 0.103 e. The zero-order valence-corrected chi connectivity index (χ0v) is 11.2. The van der Waals surface area contributed by atoms with Crippen molar-refractivity contribution in [2.75, 3.05) is 0 Å². The first-order valence-corrected chi connectivity index (χ1v) is 6.44. The van der Waals surface area contributed by atoms with E-state index in [-0.39, 0.29) is 6.04 Å². The van der Waals surface area contributed by atoms with E-state index in [0.717, 1.165) is 29.9 Å². The number of aryl methyl sites for hydroxylation is 1. The van der Waals surface area contributed by atoms with Crippen LogP contribution >= 0.6 is 0 Å². The van der Waals surface area contributed by atoms with Gasteiger partial charge in [0.1, 0.15) is 5.69 Å². The lowest BCUT2D eigenvalue weighted by Gasteiger charge is -2.09. The Morgan fingerprint density at radius 2 is 2.11 bits per heavy atom. The van der Waals surface area contributed by atoms with Crippen LogP contribution in [0.5, 0.6) is 0 Å². The third-order valence-corrected chi connectivity index (χ3v) is 3.17. The van der Waals surface area contributed by atoms with Gasteiger partial charge in [0.15, 0.2) is 0 Å². The van der Waals surface area contributed by atoms with Gasteiger partial charge in [0.2, 0.25) is 0 Å². The van der Waals surface area contributed by atoms with Crippen LogP contribution in [-0.4, -0.2) is 15.0 Å². The van der Waals surface area contributed by atoms with Gasteiger partial charge in [0.05, 0.1) is 17.4 Å². The quantitative estimate of drug-likeness (QED) is 0.899. The van der Waals surface area contributed by atoms with Crippen LogP contribution in [0.1, 0.15) is 43.3 Å². The van der Waals surface area contributed by atoms with Crippen molar-refractivity contribution in [3.8, 4) is 5.69 Å². The molecule has 0 bridgehead atoms. The highest BCUT2D eigenvalue weighted by atomic mass is 15.4. The van der Waals surface area contributed by atoms with E-state index >= 15 is 0 Å². The van der Waals surface area contributed by atoms with Crippen molar-refractivity contribution in [1.82, 2.24) is 15.0 Å². The van der Waals surface area contributed by atoms with Crippen LogP contribution < -0.4 is 5.73 Å². The molecule has 0 amide bonds. The van der Waals surface area contributed by atoms with Crippen molar-refractivity contribution in [3.63, 3.8) is 0 Å². The van der Waals surface area contributed by atoms with Crippen LogP contribution in [0.25, 0.3) is 5.69 Å². The molecular weight excluding hydrogens is 224 g/mol. The number of hydrogen-bond acceptors (Lipinski definition) is 3. The Hall–Kier alpha value is -1.68. The van der Waals surface area contributed by atoms with E-state index in [9.17, 15) is 0 Å². The third kappa shape index (κ3) is 2.29. The minimum absolute atomic E-state index is 0.0292. The van der Waals surface area contributed by atoms with E-state index in [1.165, 1.54) is 5.56 Å². The fourth-order valence-corrected chi connectivity index (χ4v) is 2.09. The van der Waals surface area contributed by atoms with E-state index in [0.29, 0.717) is 0 Å². The maximum absolute atomic E-state index is 6.08. The predicted molar refractivity (Wildman–Crippen MR) is 72.7 cm³/mol. The minimum Gasteiger partial charge on any atom is -0.323 e. The van der Waals surface area contributed by atoms with Gasteiger partial charge in [-0.3, -0.25) is 0 Å². The van der Waals surface area contributed by atoms with Crippen molar-refractivity contribution < 1.29 is 0 Å². The molecule has 0 aliphatic rings. The van der Waals surface area contributed by atoms with Crippen LogP contribution in [0.3, 0.4) is 0 Å². The van der Waals surface area contributed by atoms with Crippen LogP contribution in [-0.2, 0) is 6.42 Å². The first-order chi connectivity index (χ1) is 8.67. The predicted octanol–water partition coefficient (Wildman–Crippen LogP) is 2.55. The second-order valence-electron chi connectivity index (χ2n) is 4.54. The number of nitrogens with two attached hydrogens (primary N) is 1. The van der Waals surface area contributed by atoms with Gasteiger partial charge < -0.3 is 5.73 Å². The summed E-state index contributed by atoms with van der Waals surface area (Å²) in [6, 6.07) is 8.23. The number of aromatic nitrogens is 3. The lowest BCUT2D eigenvalue weighted by atomic mass is 10.1. The van der Waals surface area contributed by atoms with E-state index in [2.05, 4.69) is 43.2 Å². The number of hydrogen-bond donors (Lipinski definition) is 1. The van der Waals surface area contributed by atoms with Crippen LogP contribution in [0.2, 0.25) is 0 Å². The van der Waals surface area contributed by atoms with Crippen molar-refractivity contribution in [1.29, 1.82) is 0 Å². The monoisotopic (exact) mass is 244 g/mol. The molecule has 1 aromatic carbocycles. The van der Waals surface area contributed by atoms with Crippen LogP contribution in [0, 0.1) is 6.92 Å². The molecule has 2 rings (SSSR count). The van der Waals surface area contributed by atoms with Gasteiger partial charge in [0, 0.05) is 0 Å². The first-order valence-electron chi connectivity index (χ1n) is 6.44. The van der Waals surface area contributed by atoms with Crippen molar-refractivity contribution >= 4 is 0 Å². The molecule has 0 fully saturated rings. The van der Waals surface area contributed by atoms with Gasteiger partial charge in [-0.1, -0.05) is 31.2 Å². The fraction of sp³-hybridized carbons (Fsp3) is 0.429. The lowest BCUT2D eigenvalue weighted by Crippen LogP contribution is -2.12. The zero-order valence-electron chi connectivity index (χ0n) is 11.2. The number of benzene rings is 1. The molecule has 96 valence electrons. The van der Waals surface area contributed by atoms with Crippen LogP contribution in [0.4, 0.5) is 0 Å². The zero-order chi connectivity index (χ0) is 13.1. The molecule has 0 saturated heterocycles. The summed E-state index contributed by atoms with van der Waals surface area (Å²) in [6.07, 6.45) is 1.75. The summed E-state index contributed by atoms with van der Waals surface area (Å²) in [4.78, 5) is 0. The van der Waals surface area contributed by atoms with Crippen molar-refractivity contribution in [3.05, 3.63) is 41.2 Å². The molecule has 4 heteroatoms. The molecule has 0 aliphatic heterocycles. The molecule has 1 unspecified atom stereocenters. The average molecular weight is 244 g/mol. The maximum atomic E-state index is 6.08. The van der Waals surface area contributed by atoms with Crippen molar-refractivity contribution in [2.45, 2.75) is 39.7 Å². The van der Waals surface area contributed by atoms with Gasteiger partial charge in [-0.05, 0) is 37.5 Å². The second kappa shape index (κ2) is 5.31. The third-order valence-electron chi connectivity index (χ3n) is 3.17. The molecule has 0 saturated carbocycles. The van der Waals surface area contributed by atoms with E-state index in [1.54, 1.807) is 0 Å². The molecule has 0 aliphatic carbocycles. The standard InChI is InChI=1S/C14H20N4/c1-4-12(15)14-13(5-2)18(17-16-14)11-8-6-7-10(3)9-11/h6-9,12H,4-5,15H2,1-3H3. The molecule has 0 radical (unpaired) electrons. The summed E-state index contributed by atoms with van der Waals surface area (Å²) in [6.45, 7) is 6.25. The summed E-state index contributed by atoms with van der Waals surface area (Å²) in [7, 11) is 0. The highest BCUT2D eigenvalue weighted by Crippen LogP contribution is 2.20. The molecule has 1 aromatic heterocycles. The van der Waals surface area contributed by atoms with Gasteiger partial charge in [-0.2, -0.15) is 0 Å². The summed E-state index contributed by atoms with van der Waals surface area (Å²) >= 11 is 0. The first kappa shape index (κ1) is 12.8. The summed E-state index contributed by atoms with van der Waals surface area (Å²) in [5.74, 6) is 0. The highest BCUT2D eigenvalue weighted by Gasteiger charge is 2.17. The smallest absolute Gasteiger partial charge is 0.103 e. The Labute approximate surface area is 108 Å². The Kier molecular flexibility index (Phi) is 3.77. The number of nitrogens with zero attached hydrogens (tertiary/aromatic N) is 3. The fourth-order valence-electron chi connectivity index (χ4n) is 2.09. The summed E-state index contributed by atoms with van der Waals surface area (Å²) in [5, 5.41) is 8.51. The second-order valence-corrected chi connectivity index (χ2v) is 4.54. The van der Waals surface area contributed by atoms with Crippen molar-refractivity contribution in [2.24, 2.45) is 5.73 Å². The van der Waals surface area contributed by atoms with E-state index < -0.39 is 0 Å². The highest BCUT2D eigenvalue weighted by molar-refractivity contribution is 5.37. The minimum atomic E-state index is -0.0292. The largest absolute Gasteiger partial charge is 0.323 e. The lowest BCUT2D eigenvalue weighted by molar-refractivity contribution is 0.665. The van der Waals surface area contributed by atoms with E-state index in [4.69, 9.17) is 5.73 Å². The van der Waals surface area contributed by atoms with E-state index in [1.807, 2.05) is 16.8 Å². The SMILES string of the molecule is CCc1c(C(N)CC)nnn1-c1cccc(C)c1. The molecule has 2 aromatic rings. The molecule has 2 N–H and O–H groups in total. The Morgan fingerprint density at radius 1 is 1.33 bits per heavy atom. The molecule has 0 spiro atoms. The normalized spacial score (nSPS) is 12.7. The molecular formula is C14H20N4. The molecule has 4 nitrogen and oxygen atoms in total. The average Bonchev–Trinajstić information content (AvgIpc) is 2.81. The van der Waals surface area contributed by atoms with Gasteiger partial charge in [0.25, 0.3) is 0 Å². The van der Waals surface area contributed by atoms with Gasteiger partial charge in [-0.15, -0.1) is 5.10 Å². The van der Waals surface area contributed by atoms with Gasteiger partial charge >= 0.3 is 0 Å². The Bertz CT molecular complexity index is 530. The molecule has 18 heavy (non-hydrogen) atoms.